The van der Waals surface area contributed by atoms with Crippen LogP contribution in [0.5, 0.6) is 0 Å². The van der Waals surface area contributed by atoms with Gasteiger partial charge in [-0.25, -0.2) is 4.79 Å². The second-order valence-corrected chi connectivity index (χ2v) is 6.97. The first-order valence-electron chi connectivity index (χ1n) is 8.05. The number of urea groups is 1. The number of carbonyl (C=O) groups is 2. The molecular formula is C18H24N4O2S. The summed E-state index contributed by atoms with van der Waals surface area (Å²) >= 11 is 1.65. The van der Waals surface area contributed by atoms with Crippen molar-refractivity contribution >= 4 is 23.3 Å². The van der Waals surface area contributed by atoms with Crippen LogP contribution in [0.1, 0.15) is 16.5 Å². The van der Waals surface area contributed by atoms with Crippen molar-refractivity contribution in [1.29, 1.82) is 0 Å². The Labute approximate surface area is 152 Å². The fourth-order valence-electron chi connectivity index (χ4n) is 2.57. The number of carbonyl (C=O) groups excluding carboxylic acids is 2. The molecule has 1 heterocycles. The lowest BCUT2D eigenvalue weighted by Gasteiger charge is -2.25. The fourth-order valence-corrected chi connectivity index (χ4v) is 3.49. The topological polar surface area (TPSA) is 87.5 Å². The maximum absolute atomic E-state index is 12.6. The van der Waals surface area contributed by atoms with E-state index in [0.717, 1.165) is 5.56 Å². The van der Waals surface area contributed by atoms with Gasteiger partial charge in [-0.05, 0) is 31.1 Å². The molecule has 7 heteroatoms. The van der Waals surface area contributed by atoms with Crippen molar-refractivity contribution in [3.8, 4) is 0 Å². The van der Waals surface area contributed by atoms with E-state index in [2.05, 4.69) is 15.5 Å². The molecule has 0 spiro atoms. The summed E-state index contributed by atoms with van der Waals surface area (Å²) in [7, 11) is 3.94. The lowest BCUT2D eigenvalue weighted by molar-refractivity contribution is -0.123. The molecule has 0 bridgehead atoms. The van der Waals surface area contributed by atoms with Gasteiger partial charge in [-0.2, -0.15) is 0 Å². The van der Waals surface area contributed by atoms with Crippen molar-refractivity contribution in [3.05, 3.63) is 58.3 Å². The number of hydrogen-bond acceptors (Lipinski definition) is 4. The minimum absolute atomic E-state index is 0.0786. The molecule has 1 aromatic carbocycles. The van der Waals surface area contributed by atoms with Crippen LogP contribution < -0.4 is 16.4 Å². The van der Waals surface area contributed by atoms with Crippen LogP contribution in [-0.2, 0) is 11.2 Å². The van der Waals surface area contributed by atoms with Crippen molar-refractivity contribution in [1.82, 2.24) is 15.5 Å². The second kappa shape index (κ2) is 9.19. The third-order valence-corrected chi connectivity index (χ3v) is 4.85. The molecule has 6 nitrogen and oxygen atoms in total. The van der Waals surface area contributed by atoms with Gasteiger partial charge >= 0.3 is 6.03 Å². The Bertz CT molecular complexity index is 674. The number of nitrogens with one attached hydrogen (secondary N) is 2. The number of amides is 3. The molecular weight excluding hydrogens is 336 g/mol. The number of thiophene rings is 1. The molecule has 2 rings (SSSR count). The van der Waals surface area contributed by atoms with Gasteiger partial charge in [0.05, 0.1) is 6.04 Å². The zero-order valence-electron chi connectivity index (χ0n) is 14.4. The average Bonchev–Trinajstić information content (AvgIpc) is 3.08. The molecule has 0 aliphatic rings. The van der Waals surface area contributed by atoms with Gasteiger partial charge in [0.25, 0.3) is 0 Å². The molecule has 0 saturated heterocycles. The molecule has 2 atom stereocenters. The largest absolute Gasteiger partial charge is 0.352 e. The molecule has 0 aliphatic heterocycles. The molecule has 3 amide bonds. The zero-order valence-corrected chi connectivity index (χ0v) is 15.3. The fraction of sp³-hybridized carbons (Fsp3) is 0.333. The van der Waals surface area contributed by atoms with Crippen LogP contribution in [0.2, 0.25) is 0 Å². The minimum Gasteiger partial charge on any atom is -0.352 e. The van der Waals surface area contributed by atoms with Crippen molar-refractivity contribution in [2.24, 2.45) is 5.73 Å². The number of nitrogens with zero attached hydrogens (tertiary/aromatic N) is 1. The summed E-state index contributed by atoms with van der Waals surface area (Å²) in [6.07, 6.45) is 0.390. The minimum atomic E-state index is -0.710. The summed E-state index contributed by atoms with van der Waals surface area (Å²) in [5.41, 5.74) is 6.19. The van der Waals surface area contributed by atoms with Crippen molar-refractivity contribution in [2.45, 2.75) is 18.5 Å². The van der Waals surface area contributed by atoms with Gasteiger partial charge in [0.1, 0.15) is 6.04 Å². The summed E-state index contributed by atoms with van der Waals surface area (Å²) in [4.78, 5) is 27.1. The van der Waals surface area contributed by atoms with Gasteiger partial charge in [0, 0.05) is 17.8 Å². The van der Waals surface area contributed by atoms with Gasteiger partial charge in [-0.15, -0.1) is 11.3 Å². The van der Waals surface area contributed by atoms with E-state index in [1.807, 2.05) is 61.9 Å². The van der Waals surface area contributed by atoms with Crippen LogP contribution in [-0.4, -0.2) is 43.5 Å². The Kier molecular flexibility index (Phi) is 6.97. The van der Waals surface area contributed by atoms with Gasteiger partial charge in [-0.3, -0.25) is 4.79 Å². The van der Waals surface area contributed by atoms with E-state index in [9.17, 15) is 9.59 Å². The van der Waals surface area contributed by atoms with Crippen LogP contribution in [0.3, 0.4) is 0 Å². The summed E-state index contributed by atoms with van der Waals surface area (Å²) in [6, 6.07) is 12.2. The predicted molar refractivity (Wildman–Crippen MR) is 100 cm³/mol. The highest BCUT2D eigenvalue weighted by Gasteiger charge is 2.22. The zero-order chi connectivity index (χ0) is 18.2. The number of likely N-dealkylation sites (N-methyl/N-ethyl adjacent to an activating group) is 1. The normalized spacial score (nSPS) is 13.2. The van der Waals surface area contributed by atoms with Crippen molar-refractivity contribution in [3.63, 3.8) is 0 Å². The summed E-state index contributed by atoms with van der Waals surface area (Å²) < 4.78 is 0. The van der Waals surface area contributed by atoms with Crippen LogP contribution in [0.4, 0.5) is 4.79 Å². The Hall–Kier alpha value is -2.38. The maximum atomic E-state index is 12.6. The molecule has 1 aromatic heterocycles. The van der Waals surface area contributed by atoms with Crippen LogP contribution in [0.25, 0.3) is 0 Å². The van der Waals surface area contributed by atoms with E-state index in [1.54, 1.807) is 11.3 Å². The highest BCUT2D eigenvalue weighted by molar-refractivity contribution is 7.10. The van der Waals surface area contributed by atoms with E-state index in [4.69, 9.17) is 5.73 Å². The highest BCUT2D eigenvalue weighted by Crippen LogP contribution is 2.22. The molecule has 0 radical (unpaired) electrons. The standard InChI is InChI=1S/C18H24N4O2S/c1-22(2)15(16-9-6-10-25-16)12-20-17(23)14(21-18(19)24)11-13-7-4-3-5-8-13/h3-10,14-15H,11-12H2,1-2H3,(H,20,23)(H3,19,21,24). The van der Waals surface area contributed by atoms with E-state index >= 15 is 0 Å². The summed E-state index contributed by atoms with van der Waals surface area (Å²) in [5.74, 6) is -0.244. The lowest BCUT2D eigenvalue weighted by atomic mass is 10.1. The van der Waals surface area contributed by atoms with E-state index in [-0.39, 0.29) is 11.9 Å². The third-order valence-electron chi connectivity index (χ3n) is 3.88. The van der Waals surface area contributed by atoms with Gasteiger partial charge < -0.3 is 21.3 Å². The molecule has 2 aromatic rings. The second-order valence-electron chi connectivity index (χ2n) is 5.99. The smallest absolute Gasteiger partial charge is 0.312 e. The first-order chi connectivity index (χ1) is 12.0. The van der Waals surface area contributed by atoms with Crippen molar-refractivity contribution in [2.75, 3.05) is 20.6 Å². The lowest BCUT2D eigenvalue weighted by Crippen LogP contribution is -2.50. The van der Waals surface area contributed by atoms with Crippen LogP contribution >= 0.6 is 11.3 Å². The SMILES string of the molecule is CN(C)C(CNC(=O)C(Cc1ccccc1)NC(N)=O)c1cccs1. The highest BCUT2D eigenvalue weighted by atomic mass is 32.1. The Morgan fingerprint density at radius 3 is 2.44 bits per heavy atom. The molecule has 25 heavy (non-hydrogen) atoms. The maximum Gasteiger partial charge on any atom is 0.312 e. The summed E-state index contributed by atoms with van der Waals surface area (Å²) in [5, 5.41) is 7.48. The number of rotatable bonds is 8. The molecule has 0 aliphatic carbocycles. The van der Waals surface area contributed by atoms with Gasteiger partial charge in [0.2, 0.25) is 5.91 Å². The molecule has 0 fully saturated rings. The monoisotopic (exact) mass is 360 g/mol. The first kappa shape index (κ1) is 19.0. The predicted octanol–water partition coefficient (Wildman–Crippen LogP) is 1.75. The van der Waals surface area contributed by atoms with E-state index in [0.29, 0.717) is 13.0 Å². The first-order valence-corrected chi connectivity index (χ1v) is 8.92. The quantitative estimate of drug-likeness (QED) is 0.670. The number of primary amides is 1. The average molecular weight is 360 g/mol. The van der Waals surface area contributed by atoms with E-state index < -0.39 is 12.1 Å². The number of nitrogens with two attached hydrogens (primary N) is 1. The Morgan fingerprint density at radius 2 is 1.88 bits per heavy atom. The Morgan fingerprint density at radius 1 is 1.16 bits per heavy atom. The van der Waals surface area contributed by atoms with E-state index in [1.165, 1.54) is 4.88 Å². The van der Waals surface area contributed by atoms with Gasteiger partial charge in [-0.1, -0.05) is 36.4 Å². The molecule has 4 N–H and O–H groups in total. The van der Waals surface area contributed by atoms with Gasteiger partial charge in [0.15, 0.2) is 0 Å². The van der Waals surface area contributed by atoms with Crippen LogP contribution in [0, 0.1) is 0 Å². The number of hydrogen-bond donors (Lipinski definition) is 3. The van der Waals surface area contributed by atoms with Crippen LogP contribution in [0.15, 0.2) is 47.8 Å². The summed E-state index contributed by atoms with van der Waals surface area (Å²) in [6.45, 7) is 0.456. The van der Waals surface area contributed by atoms with Crippen molar-refractivity contribution < 1.29 is 9.59 Å². The third kappa shape index (κ3) is 5.88. The Balaban J connectivity index is 2.01. The molecule has 0 saturated carbocycles. The number of benzene rings is 1. The molecule has 2 unspecified atom stereocenters. The molecule has 134 valence electrons.